The van der Waals surface area contributed by atoms with Gasteiger partial charge in [0.2, 0.25) is 5.91 Å². The van der Waals surface area contributed by atoms with Crippen LogP contribution >= 0.6 is 11.3 Å². The maximum atomic E-state index is 14.5. The molecule has 4 nitrogen and oxygen atoms in total. The zero-order valence-corrected chi connectivity index (χ0v) is 17.2. The maximum absolute atomic E-state index is 14.5. The van der Waals surface area contributed by atoms with Gasteiger partial charge in [-0.05, 0) is 44.0 Å². The van der Waals surface area contributed by atoms with Gasteiger partial charge in [0.25, 0.3) is 0 Å². The Bertz CT molecular complexity index is 906. The number of amides is 2. The predicted octanol–water partition coefficient (Wildman–Crippen LogP) is 5.28. The minimum Gasteiger partial charge on any atom is -0.351 e. The van der Waals surface area contributed by atoms with Crippen LogP contribution in [0.15, 0.2) is 36.4 Å². The van der Waals surface area contributed by atoms with Crippen molar-refractivity contribution in [1.82, 2.24) is 5.32 Å². The molecular formula is C21H22F4N2O2S. The van der Waals surface area contributed by atoms with Crippen LogP contribution in [-0.2, 0) is 9.59 Å². The summed E-state index contributed by atoms with van der Waals surface area (Å²) in [6.45, 7) is 1.74. The number of alkyl halides is 3. The molecule has 1 atom stereocenters. The van der Waals surface area contributed by atoms with Crippen LogP contribution in [-0.4, -0.2) is 24.0 Å². The summed E-state index contributed by atoms with van der Waals surface area (Å²) in [6.07, 6.45) is -0.992. The third-order valence-electron chi connectivity index (χ3n) is 5.06. The van der Waals surface area contributed by atoms with Crippen molar-refractivity contribution in [3.63, 3.8) is 0 Å². The fourth-order valence-electron chi connectivity index (χ4n) is 3.65. The van der Waals surface area contributed by atoms with E-state index < -0.39 is 35.5 Å². The minimum absolute atomic E-state index is 0.182. The molecule has 1 aliphatic rings. The predicted molar refractivity (Wildman–Crippen MR) is 107 cm³/mol. The second-order valence-corrected chi connectivity index (χ2v) is 8.64. The van der Waals surface area contributed by atoms with Crippen LogP contribution in [0.4, 0.5) is 23.2 Å². The van der Waals surface area contributed by atoms with Crippen LogP contribution in [0.1, 0.15) is 47.9 Å². The molecular weight excluding hydrogens is 420 g/mol. The number of thiophene rings is 1. The highest BCUT2D eigenvalue weighted by Crippen LogP contribution is 2.36. The van der Waals surface area contributed by atoms with Crippen molar-refractivity contribution < 1.29 is 27.2 Å². The van der Waals surface area contributed by atoms with Gasteiger partial charge < -0.3 is 5.32 Å². The molecule has 0 bridgehead atoms. The number of aryl methyl sites for hydroxylation is 1. The Balaban J connectivity index is 2.07. The van der Waals surface area contributed by atoms with Crippen LogP contribution < -0.4 is 10.2 Å². The molecule has 1 N–H and O–H groups in total. The molecule has 3 rings (SSSR count). The molecule has 1 aliphatic carbocycles. The van der Waals surface area contributed by atoms with Gasteiger partial charge in [-0.1, -0.05) is 31.4 Å². The van der Waals surface area contributed by atoms with E-state index in [0.717, 1.165) is 60.5 Å². The summed E-state index contributed by atoms with van der Waals surface area (Å²) in [7, 11) is 0. The van der Waals surface area contributed by atoms with Crippen LogP contribution in [0.5, 0.6) is 0 Å². The van der Waals surface area contributed by atoms with Crippen LogP contribution in [0.25, 0.3) is 0 Å². The number of carbonyl (C=O) groups is 2. The molecule has 1 fully saturated rings. The van der Waals surface area contributed by atoms with Gasteiger partial charge in [0.15, 0.2) is 6.04 Å². The molecule has 1 saturated carbocycles. The Kier molecular flexibility index (Phi) is 6.80. The lowest BCUT2D eigenvalue weighted by Gasteiger charge is -2.33. The summed E-state index contributed by atoms with van der Waals surface area (Å²) < 4.78 is 54.9. The third-order valence-corrected chi connectivity index (χ3v) is 6.12. The van der Waals surface area contributed by atoms with Crippen molar-refractivity contribution in [2.24, 2.45) is 0 Å². The van der Waals surface area contributed by atoms with Crippen molar-refractivity contribution in [2.45, 2.75) is 57.3 Å². The molecule has 0 aliphatic heterocycles. The number of para-hydroxylation sites is 1. The standard InChI is InChI=1S/C21H22F4N2O2S/c1-13-11-12-17(30-13)18(19(28)26-14-7-3-2-4-8-14)27(20(29)21(23,24)25)16-10-6-5-9-15(16)22/h5-6,9-12,14,18H,2-4,7-8H2,1H3,(H,26,28)/t18-/m1/s1. The van der Waals surface area contributed by atoms with E-state index in [0.29, 0.717) is 0 Å². The molecule has 1 aromatic carbocycles. The number of nitrogens with zero attached hydrogens (tertiary/aromatic N) is 1. The zero-order chi connectivity index (χ0) is 21.9. The van der Waals surface area contributed by atoms with Crippen molar-refractivity contribution in [3.05, 3.63) is 52.0 Å². The largest absolute Gasteiger partial charge is 0.471 e. The molecule has 1 heterocycles. The molecule has 2 amide bonds. The molecule has 0 unspecified atom stereocenters. The highest BCUT2D eigenvalue weighted by atomic mass is 32.1. The third kappa shape index (κ3) is 5.00. The highest BCUT2D eigenvalue weighted by molar-refractivity contribution is 7.12. The van der Waals surface area contributed by atoms with Gasteiger partial charge in [-0.25, -0.2) is 4.39 Å². The number of rotatable bonds is 5. The lowest BCUT2D eigenvalue weighted by molar-refractivity contribution is -0.171. The quantitative estimate of drug-likeness (QED) is 0.641. The fourth-order valence-corrected chi connectivity index (χ4v) is 4.62. The Hall–Kier alpha value is -2.42. The van der Waals surface area contributed by atoms with E-state index in [2.05, 4.69) is 5.32 Å². The van der Waals surface area contributed by atoms with E-state index in [-0.39, 0.29) is 15.8 Å². The number of anilines is 1. The molecule has 0 spiro atoms. The van der Waals surface area contributed by atoms with Gasteiger partial charge in [-0.3, -0.25) is 14.5 Å². The first-order valence-corrected chi connectivity index (χ1v) is 10.5. The first-order valence-electron chi connectivity index (χ1n) is 9.70. The molecule has 2 aromatic rings. The Labute approximate surface area is 175 Å². The fraction of sp³-hybridized carbons (Fsp3) is 0.429. The van der Waals surface area contributed by atoms with Crippen LogP contribution in [0.2, 0.25) is 0 Å². The van der Waals surface area contributed by atoms with Gasteiger partial charge in [0, 0.05) is 15.8 Å². The Morgan fingerprint density at radius 2 is 1.77 bits per heavy atom. The van der Waals surface area contributed by atoms with Crippen molar-refractivity contribution in [3.8, 4) is 0 Å². The van der Waals surface area contributed by atoms with Crippen LogP contribution in [0, 0.1) is 12.7 Å². The maximum Gasteiger partial charge on any atom is 0.471 e. The summed E-state index contributed by atoms with van der Waals surface area (Å²) in [5.41, 5.74) is -0.588. The number of hydrogen-bond donors (Lipinski definition) is 1. The first kappa shape index (κ1) is 22.3. The summed E-state index contributed by atoms with van der Waals surface area (Å²) in [4.78, 5) is 26.8. The minimum atomic E-state index is -5.28. The van der Waals surface area contributed by atoms with Crippen molar-refractivity contribution in [1.29, 1.82) is 0 Å². The smallest absolute Gasteiger partial charge is 0.351 e. The van der Waals surface area contributed by atoms with Crippen LogP contribution in [0.3, 0.4) is 0 Å². The highest BCUT2D eigenvalue weighted by Gasteiger charge is 2.48. The average Bonchev–Trinajstić information content (AvgIpc) is 3.12. The summed E-state index contributed by atoms with van der Waals surface area (Å²) in [5.74, 6) is -4.05. The second-order valence-electron chi connectivity index (χ2n) is 7.32. The molecule has 0 saturated heterocycles. The summed E-state index contributed by atoms with van der Waals surface area (Å²) >= 11 is 1.10. The second kappa shape index (κ2) is 9.16. The van der Waals surface area contributed by atoms with E-state index in [9.17, 15) is 27.2 Å². The molecule has 30 heavy (non-hydrogen) atoms. The number of nitrogens with one attached hydrogen (secondary N) is 1. The van der Waals surface area contributed by atoms with Gasteiger partial charge in [-0.15, -0.1) is 11.3 Å². The number of benzene rings is 1. The lowest BCUT2D eigenvalue weighted by Crippen LogP contribution is -2.50. The van der Waals surface area contributed by atoms with E-state index in [4.69, 9.17) is 0 Å². The van der Waals surface area contributed by atoms with Gasteiger partial charge >= 0.3 is 12.1 Å². The monoisotopic (exact) mass is 442 g/mol. The zero-order valence-electron chi connectivity index (χ0n) is 16.3. The van der Waals surface area contributed by atoms with Gasteiger partial charge in [-0.2, -0.15) is 13.2 Å². The summed E-state index contributed by atoms with van der Waals surface area (Å²) in [5, 5.41) is 2.79. The van der Waals surface area contributed by atoms with E-state index in [1.54, 1.807) is 13.0 Å². The lowest BCUT2D eigenvalue weighted by atomic mass is 9.95. The topological polar surface area (TPSA) is 49.4 Å². The molecule has 9 heteroatoms. The Morgan fingerprint density at radius 1 is 1.10 bits per heavy atom. The number of carbonyl (C=O) groups excluding carboxylic acids is 2. The van der Waals surface area contributed by atoms with E-state index >= 15 is 0 Å². The molecule has 1 aromatic heterocycles. The Morgan fingerprint density at radius 3 is 2.33 bits per heavy atom. The van der Waals surface area contributed by atoms with E-state index in [1.807, 2.05) is 0 Å². The number of hydrogen-bond acceptors (Lipinski definition) is 3. The molecule has 162 valence electrons. The van der Waals surface area contributed by atoms with Gasteiger partial charge in [0.05, 0.1) is 5.69 Å². The number of halogens is 4. The summed E-state index contributed by atoms with van der Waals surface area (Å²) in [6, 6.07) is 6.00. The normalized spacial score (nSPS) is 16.2. The van der Waals surface area contributed by atoms with Crippen molar-refractivity contribution in [2.75, 3.05) is 4.90 Å². The van der Waals surface area contributed by atoms with E-state index in [1.165, 1.54) is 18.2 Å². The van der Waals surface area contributed by atoms with Gasteiger partial charge in [0.1, 0.15) is 5.82 Å². The molecule has 0 radical (unpaired) electrons. The first-order chi connectivity index (χ1) is 14.2. The SMILES string of the molecule is Cc1ccc([C@H](C(=O)NC2CCCCC2)N(C(=O)C(F)(F)F)c2ccccc2F)s1. The average molecular weight is 442 g/mol. The van der Waals surface area contributed by atoms with Crippen molar-refractivity contribution >= 4 is 28.8 Å².